The van der Waals surface area contributed by atoms with Crippen LogP contribution in [0.1, 0.15) is 25.3 Å². The third-order valence-corrected chi connectivity index (χ3v) is 7.30. The van der Waals surface area contributed by atoms with Crippen LogP contribution in [0, 0.1) is 5.92 Å². The summed E-state index contributed by atoms with van der Waals surface area (Å²) in [6, 6.07) is 11.3. The summed E-state index contributed by atoms with van der Waals surface area (Å²) >= 11 is 6.04. The normalized spacial score (nSPS) is 17.0. The third kappa shape index (κ3) is 5.79. The van der Waals surface area contributed by atoms with Crippen molar-refractivity contribution in [2.24, 2.45) is 11.7 Å². The summed E-state index contributed by atoms with van der Waals surface area (Å²) in [5, 5.41) is 3.11. The molecule has 32 heavy (non-hydrogen) atoms. The van der Waals surface area contributed by atoms with E-state index >= 15 is 0 Å². The van der Waals surface area contributed by atoms with E-state index in [0.717, 1.165) is 5.56 Å². The maximum absolute atomic E-state index is 13.3. The van der Waals surface area contributed by atoms with Crippen molar-refractivity contribution >= 4 is 39.1 Å². The van der Waals surface area contributed by atoms with Gasteiger partial charge in [0.2, 0.25) is 21.8 Å². The van der Waals surface area contributed by atoms with Crippen molar-refractivity contribution in [3.8, 4) is 5.75 Å². The fourth-order valence-corrected chi connectivity index (χ4v) is 5.54. The molecule has 0 radical (unpaired) electrons. The lowest BCUT2D eigenvalue weighted by molar-refractivity contribution is -0.121. The van der Waals surface area contributed by atoms with Crippen LogP contribution < -0.4 is 15.8 Å². The molecule has 2 aromatic carbocycles. The molecular formula is C22H26ClN3O5S. The number of hydrogen-bond acceptors (Lipinski definition) is 5. The molecule has 2 amide bonds. The van der Waals surface area contributed by atoms with Crippen LogP contribution in [0.15, 0.2) is 47.4 Å². The molecule has 0 saturated carbocycles. The van der Waals surface area contributed by atoms with Gasteiger partial charge < -0.3 is 15.8 Å². The fourth-order valence-electron chi connectivity index (χ4n) is 3.62. The molecule has 0 aromatic heterocycles. The Morgan fingerprint density at radius 1 is 1.22 bits per heavy atom. The number of primary amides is 1. The van der Waals surface area contributed by atoms with E-state index in [1.165, 1.54) is 16.4 Å². The van der Waals surface area contributed by atoms with E-state index in [1.807, 2.05) is 0 Å². The van der Waals surface area contributed by atoms with E-state index in [2.05, 4.69) is 5.32 Å². The molecule has 0 bridgehead atoms. The SMILES string of the molecule is CCOc1ccc(Cl)cc1S(=O)(=O)N1CCC[C@@H](C(=O)Nc2ccc(CC(N)=O)cc2)C1. The third-order valence-electron chi connectivity index (χ3n) is 5.18. The predicted molar refractivity (Wildman–Crippen MR) is 122 cm³/mol. The van der Waals surface area contributed by atoms with Crippen LogP contribution in [0.5, 0.6) is 5.75 Å². The number of rotatable bonds is 8. The molecule has 1 aliphatic heterocycles. The summed E-state index contributed by atoms with van der Waals surface area (Å²) in [4.78, 5) is 23.8. The van der Waals surface area contributed by atoms with Crippen LogP contribution in [-0.2, 0) is 26.0 Å². The molecule has 3 rings (SSSR count). The quantitative estimate of drug-likeness (QED) is 0.603. The average Bonchev–Trinajstić information content (AvgIpc) is 2.76. The largest absolute Gasteiger partial charge is 0.492 e. The second-order valence-corrected chi connectivity index (χ2v) is 9.90. The average molecular weight is 480 g/mol. The second kappa shape index (κ2) is 10.3. The second-order valence-electron chi connectivity index (χ2n) is 7.56. The van der Waals surface area contributed by atoms with Crippen molar-refractivity contribution in [1.82, 2.24) is 4.31 Å². The maximum Gasteiger partial charge on any atom is 0.246 e. The minimum absolute atomic E-state index is 0.00190. The van der Waals surface area contributed by atoms with Crippen molar-refractivity contribution in [2.45, 2.75) is 31.1 Å². The van der Waals surface area contributed by atoms with Crippen molar-refractivity contribution in [2.75, 3.05) is 25.0 Å². The van der Waals surface area contributed by atoms with E-state index in [-0.39, 0.29) is 34.5 Å². The number of nitrogens with zero attached hydrogens (tertiary/aromatic N) is 1. The number of ether oxygens (including phenoxy) is 1. The molecule has 1 heterocycles. The highest BCUT2D eigenvalue weighted by Crippen LogP contribution is 2.32. The summed E-state index contributed by atoms with van der Waals surface area (Å²) < 4.78 is 33.4. The van der Waals surface area contributed by atoms with Crippen LogP contribution in [0.4, 0.5) is 5.69 Å². The van der Waals surface area contributed by atoms with Crippen LogP contribution in [0.3, 0.4) is 0 Å². The highest BCUT2D eigenvalue weighted by molar-refractivity contribution is 7.89. The summed E-state index contributed by atoms with van der Waals surface area (Å²) in [7, 11) is -3.89. The van der Waals surface area contributed by atoms with Gasteiger partial charge in [0.15, 0.2) is 0 Å². The van der Waals surface area contributed by atoms with Gasteiger partial charge in [-0.25, -0.2) is 8.42 Å². The van der Waals surface area contributed by atoms with E-state index in [1.54, 1.807) is 37.3 Å². The molecule has 1 fully saturated rings. The van der Waals surface area contributed by atoms with Crippen molar-refractivity contribution in [3.05, 3.63) is 53.1 Å². The van der Waals surface area contributed by atoms with E-state index in [9.17, 15) is 18.0 Å². The summed E-state index contributed by atoms with van der Waals surface area (Å²) in [6.07, 6.45) is 1.25. The Morgan fingerprint density at radius 3 is 2.59 bits per heavy atom. The van der Waals surface area contributed by atoms with Gasteiger partial charge in [0, 0.05) is 23.8 Å². The lowest BCUT2D eigenvalue weighted by Crippen LogP contribution is -2.43. The van der Waals surface area contributed by atoms with E-state index < -0.39 is 21.8 Å². The van der Waals surface area contributed by atoms with Crippen molar-refractivity contribution in [3.63, 3.8) is 0 Å². The monoisotopic (exact) mass is 479 g/mol. The molecule has 2 aromatic rings. The highest BCUT2D eigenvalue weighted by atomic mass is 35.5. The first-order valence-corrected chi connectivity index (χ1v) is 12.1. The summed E-state index contributed by atoms with van der Waals surface area (Å²) in [5.74, 6) is -0.959. The first-order chi connectivity index (χ1) is 15.2. The molecule has 0 aliphatic carbocycles. The van der Waals surface area contributed by atoms with Crippen LogP contribution >= 0.6 is 11.6 Å². The van der Waals surface area contributed by atoms with Gasteiger partial charge in [-0.2, -0.15) is 4.31 Å². The van der Waals surface area contributed by atoms with Gasteiger partial charge in [0.1, 0.15) is 10.6 Å². The predicted octanol–water partition coefficient (Wildman–Crippen LogP) is 2.81. The number of piperidine rings is 1. The smallest absolute Gasteiger partial charge is 0.246 e. The summed E-state index contributed by atoms with van der Waals surface area (Å²) in [5.41, 5.74) is 6.50. The lowest BCUT2D eigenvalue weighted by Gasteiger charge is -2.31. The lowest BCUT2D eigenvalue weighted by atomic mass is 9.98. The Hall–Kier alpha value is -2.62. The Morgan fingerprint density at radius 2 is 1.94 bits per heavy atom. The number of sulfonamides is 1. The molecular weight excluding hydrogens is 454 g/mol. The number of carbonyl (C=O) groups is 2. The van der Waals surface area contributed by atoms with E-state index in [4.69, 9.17) is 22.1 Å². The zero-order valence-electron chi connectivity index (χ0n) is 17.7. The minimum atomic E-state index is -3.89. The molecule has 1 atom stereocenters. The van der Waals surface area contributed by atoms with Gasteiger partial charge in [-0.1, -0.05) is 23.7 Å². The minimum Gasteiger partial charge on any atom is -0.492 e. The number of nitrogens with one attached hydrogen (secondary N) is 1. The first kappa shape index (κ1) is 24.0. The van der Waals surface area contributed by atoms with Crippen molar-refractivity contribution in [1.29, 1.82) is 0 Å². The molecule has 0 unspecified atom stereocenters. The molecule has 1 aliphatic rings. The van der Waals surface area contributed by atoms with Gasteiger partial charge >= 0.3 is 0 Å². The molecule has 1 saturated heterocycles. The first-order valence-electron chi connectivity index (χ1n) is 10.3. The number of nitrogens with two attached hydrogens (primary N) is 1. The molecule has 3 N–H and O–H groups in total. The standard InChI is InChI=1S/C22H26ClN3O5S/c1-2-31-19-10-7-17(23)13-20(19)32(29,30)26-11-3-4-16(14-26)22(28)25-18-8-5-15(6-9-18)12-21(24)27/h5-10,13,16H,2-4,11-12,14H2,1H3,(H2,24,27)(H,25,28)/t16-/m1/s1. The number of benzene rings is 2. The topological polar surface area (TPSA) is 119 Å². The summed E-state index contributed by atoms with van der Waals surface area (Å²) in [6.45, 7) is 2.46. The maximum atomic E-state index is 13.3. The molecule has 0 spiro atoms. The Kier molecular flexibility index (Phi) is 7.76. The van der Waals surface area contributed by atoms with Crippen molar-refractivity contribution < 1.29 is 22.7 Å². The Balaban J connectivity index is 1.72. The van der Waals surface area contributed by atoms with Gasteiger partial charge in [0.25, 0.3) is 0 Å². The fraction of sp³-hybridized carbons (Fsp3) is 0.364. The van der Waals surface area contributed by atoms with Crippen LogP contribution in [0.2, 0.25) is 5.02 Å². The van der Waals surface area contributed by atoms with Gasteiger partial charge in [-0.15, -0.1) is 0 Å². The molecule has 172 valence electrons. The number of carbonyl (C=O) groups excluding carboxylic acids is 2. The number of amides is 2. The molecule has 10 heteroatoms. The Bertz CT molecular complexity index is 1090. The molecule has 8 nitrogen and oxygen atoms in total. The van der Waals surface area contributed by atoms with Crippen LogP contribution in [-0.4, -0.2) is 44.2 Å². The van der Waals surface area contributed by atoms with Crippen LogP contribution in [0.25, 0.3) is 0 Å². The number of anilines is 1. The Labute approximate surface area is 192 Å². The van der Waals surface area contributed by atoms with Gasteiger partial charge in [-0.05, 0) is 55.7 Å². The number of hydrogen-bond donors (Lipinski definition) is 2. The highest BCUT2D eigenvalue weighted by Gasteiger charge is 2.35. The van der Waals surface area contributed by atoms with Gasteiger partial charge in [-0.3, -0.25) is 9.59 Å². The van der Waals surface area contributed by atoms with Gasteiger partial charge in [0.05, 0.1) is 18.9 Å². The zero-order chi connectivity index (χ0) is 23.3. The number of halogens is 1. The van der Waals surface area contributed by atoms with E-state index in [0.29, 0.717) is 31.7 Å². The zero-order valence-corrected chi connectivity index (χ0v) is 19.3.